The maximum atomic E-state index is 12.4. The van der Waals surface area contributed by atoms with Gasteiger partial charge in [0.2, 0.25) is 5.91 Å². The van der Waals surface area contributed by atoms with Crippen LogP contribution in [-0.4, -0.2) is 48.3 Å². The molecule has 1 unspecified atom stereocenters. The van der Waals surface area contributed by atoms with E-state index in [9.17, 15) is 4.79 Å². The summed E-state index contributed by atoms with van der Waals surface area (Å²) >= 11 is 0. The monoisotopic (exact) mass is 393 g/mol. The molecule has 1 aliphatic rings. The molecule has 1 atom stereocenters. The second kappa shape index (κ2) is 8.34. The molecule has 2 aromatic carbocycles. The van der Waals surface area contributed by atoms with Gasteiger partial charge in [0.1, 0.15) is 0 Å². The third kappa shape index (κ3) is 4.08. The molecule has 150 valence electrons. The number of ether oxygens (including phenoxy) is 2. The van der Waals surface area contributed by atoms with E-state index >= 15 is 0 Å². The highest BCUT2D eigenvalue weighted by molar-refractivity contribution is 5.79. The van der Waals surface area contributed by atoms with Crippen LogP contribution in [0.5, 0.6) is 11.5 Å². The molecule has 0 N–H and O–H groups in total. The van der Waals surface area contributed by atoms with Gasteiger partial charge in [-0.1, -0.05) is 35.5 Å². The smallest absolute Gasteiger partial charge is 0.258 e. The average Bonchev–Trinajstić information content (AvgIpc) is 3.39. The number of methoxy groups -OCH3 is 2. The lowest BCUT2D eigenvalue weighted by Crippen LogP contribution is -2.27. The molecule has 1 amide bonds. The van der Waals surface area contributed by atoms with Gasteiger partial charge in [-0.3, -0.25) is 4.79 Å². The van der Waals surface area contributed by atoms with Crippen LogP contribution in [0.15, 0.2) is 53.1 Å². The van der Waals surface area contributed by atoms with Gasteiger partial charge in [-0.15, -0.1) is 0 Å². The van der Waals surface area contributed by atoms with E-state index in [-0.39, 0.29) is 11.8 Å². The minimum absolute atomic E-state index is 0.0593. The van der Waals surface area contributed by atoms with Crippen molar-refractivity contribution < 1.29 is 18.8 Å². The molecular formula is C22H23N3O4. The van der Waals surface area contributed by atoms with Gasteiger partial charge in [0.15, 0.2) is 17.3 Å². The molecule has 4 rings (SSSR count). The van der Waals surface area contributed by atoms with E-state index < -0.39 is 0 Å². The lowest BCUT2D eigenvalue weighted by molar-refractivity contribution is -0.127. The minimum atomic E-state index is -0.0593. The molecule has 2 heterocycles. The van der Waals surface area contributed by atoms with E-state index in [4.69, 9.17) is 14.0 Å². The second-order valence-electron chi connectivity index (χ2n) is 7.00. The molecule has 0 bridgehead atoms. The highest BCUT2D eigenvalue weighted by Gasteiger charge is 2.33. The Hall–Kier alpha value is -3.35. The number of carbonyl (C=O) groups excluding carboxylic acids is 1. The summed E-state index contributed by atoms with van der Waals surface area (Å²) < 4.78 is 16.0. The van der Waals surface area contributed by atoms with Gasteiger partial charge in [-0.2, -0.15) is 4.98 Å². The van der Waals surface area contributed by atoms with Gasteiger partial charge in [0.25, 0.3) is 5.89 Å². The van der Waals surface area contributed by atoms with Crippen LogP contribution in [0.1, 0.15) is 23.7 Å². The number of rotatable bonds is 7. The number of nitrogens with zero attached hydrogens (tertiary/aromatic N) is 3. The molecule has 29 heavy (non-hydrogen) atoms. The van der Waals surface area contributed by atoms with Crippen LogP contribution in [0.25, 0.3) is 11.5 Å². The third-order valence-electron chi connectivity index (χ3n) is 5.17. The molecular weight excluding hydrogens is 370 g/mol. The summed E-state index contributed by atoms with van der Waals surface area (Å²) in [5, 5.41) is 4.12. The Kier molecular flexibility index (Phi) is 5.46. The highest BCUT2D eigenvalue weighted by Crippen LogP contribution is 2.33. The zero-order valence-corrected chi connectivity index (χ0v) is 16.5. The van der Waals surface area contributed by atoms with E-state index in [0.29, 0.717) is 42.7 Å². The van der Waals surface area contributed by atoms with Gasteiger partial charge >= 0.3 is 0 Å². The van der Waals surface area contributed by atoms with Crippen molar-refractivity contribution >= 4 is 5.91 Å². The first-order chi connectivity index (χ1) is 14.2. The van der Waals surface area contributed by atoms with Crippen LogP contribution in [0, 0.1) is 0 Å². The molecule has 0 aliphatic carbocycles. The first-order valence-corrected chi connectivity index (χ1v) is 9.55. The van der Waals surface area contributed by atoms with Crippen LogP contribution >= 0.6 is 0 Å². The van der Waals surface area contributed by atoms with Crippen LogP contribution in [0.3, 0.4) is 0 Å². The first-order valence-electron chi connectivity index (χ1n) is 9.55. The summed E-state index contributed by atoms with van der Waals surface area (Å²) in [6, 6.07) is 15.6. The number of amides is 1. The van der Waals surface area contributed by atoms with Crippen molar-refractivity contribution in [1.29, 1.82) is 0 Å². The maximum absolute atomic E-state index is 12.4. The van der Waals surface area contributed by atoms with Crippen molar-refractivity contribution in [3.8, 4) is 23.0 Å². The van der Waals surface area contributed by atoms with Crippen molar-refractivity contribution in [2.24, 2.45) is 0 Å². The van der Waals surface area contributed by atoms with E-state index in [0.717, 1.165) is 12.0 Å². The van der Waals surface area contributed by atoms with E-state index in [2.05, 4.69) is 22.3 Å². The van der Waals surface area contributed by atoms with Crippen LogP contribution in [0.2, 0.25) is 0 Å². The van der Waals surface area contributed by atoms with E-state index in [1.54, 1.807) is 26.4 Å². The fraction of sp³-hybridized carbons (Fsp3) is 0.318. The number of carbonyl (C=O) groups is 1. The average molecular weight is 393 g/mol. The summed E-state index contributed by atoms with van der Waals surface area (Å²) in [6.45, 7) is 1.30. The number of benzene rings is 2. The van der Waals surface area contributed by atoms with Crippen molar-refractivity contribution in [1.82, 2.24) is 15.0 Å². The molecule has 1 fully saturated rings. The Morgan fingerprint density at radius 2 is 1.90 bits per heavy atom. The lowest BCUT2D eigenvalue weighted by atomic mass is 10.1. The molecule has 1 aromatic heterocycles. The summed E-state index contributed by atoms with van der Waals surface area (Å²) in [5.41, 5.74) is 1.96. The Labute approximate surface area is 169 Å². The predicted molar refractivity (Wildman–Crippen MR) is 107 cm³/mol. The SMILES string of the molecule is COc1ccc(-c2nc(C3CC(=O)N(CCc4ccccc4)C3)no2)cc1OC. The van der Waals surface area contributed by atoms with Gasteiger partial charge in [0.05, 0.1) is 14.2 Å². The Balaban J connectivity index is 1.44. The first kappa shape index (κ1) is 19.0. The molecule has 0 radical (unpaired) electrons. The maximum Gasteiger partial charge on any atom is 0.258 e. The number of hydrogen-bond donors (Lipinski definition) is 0. The molecule has 0 spiro atoms. The predicted octanol–water partition coefficient (Wildman–Crippen LogP) is 3.31. The van der Waals surface area contributed by atoms with Crippen molar-refractivity contribution in [3.63, 3.8) is 0 Å². The topological polar surface area (TPSA) is 77.7 Å². The van der Waals surface area contributed by atoms with Gasteiger partial charge in [-0.05, 0) is 30.2 Å². The van der Waals surface area contributed by atoms with Crippen LogP contribution in [-0.2, 0) is 11.2 Å². The summed E-state index contributed by atoms with van der Waals surface area (Å²) in [5.74, 6) is 2.25. The molecule has 1 saturated heterocycles. The number of likely N-dealkylation sites (tertiary alicyclic amines) is 1. The van der Waals surface area contributed by atoms with E-state index in [1.807, 2.05) is 29.2 Å². The molecule has 0 saturated carbocycles. The van der Waals surface area contributed by atoms with Gasteiger partial charge < -0.3 is 18.9 Å². The van der Waals surface area contributed by atoms with Gasteiger partial charge in [-0.25, -0.2) is 0 Å². The fourth-order valence-electron chi connectivity index (χ4n) is 3.56. The Bertz CT molecular complexity index is 987. The zero-order chi connectivity index (χ0) is 20.2. The lowest BCUT2D eigenvalue weighted by Gasteiger charge is -2.15. The Morgan fingerprint density at radius 3 is 2.66 bits per heavy atom. The standard InChI is InChI=1S/C22H23N3O4/c1-27-18-9-8-16(12-19(18)28-2)22-23-21(24-29-22)17-13-20(26)25(14-17)11-10-15-6-4-3-5-7-15/h3-9,12,17H,10-11,13-14H2,1-2H3. The highest BCUT2D eigenvalue weighted by atomic mass is 16.5. The molecule has 3 aromatic rings. The van der Waals surface area contributed by atoms with Gasteiger partial charge in [0, 0.05) is 31.0 Å². The largest absolute Gasteiger partial charge is 0.493 e. The van der Waals surface area contributed by atoms with Crippen molar-refractivity contribution in [2.75, 3.05) is 27.3 Å². The summed E-state index contributed by atoms with van der Waals surface area (Å²) in [4.78, 5) is 18.8. The zero-order valence-electron chi connectivity index (χ0n) is 16.5. The molecule has 7 nitrogen and oxygen atoms in total. The number of aromatic nitrogens is 2. The summed E-state index contributed by atoms with van der Waals surface area (Å²) in [7, 11) is 3.16. The summed E-state index contributed by atoms with van der Waals surface area (Å²) in [6.07, 6.45) is 1.24. The quantitative estimate of drug-likeness (QED) is 0.613. The Morgan fingerprint density at radius 1 is 1.10 bits per heavy atom. The van der Waals surface area contributed by atoms with Crippen LogP contribution in [0.4, 0.5) is 0 Å². The van der Waals surface area contributed by atoms with Crippen molar-refractivity contribution in [3.05, 3.63) is 59.9 Å². The third-order valence-corrected chi connectivity index (χ3v) is 5.17. The second-order valence-corrected chi connectivity index (χ2v) is 7.00. The van der Waals surface area contributed by atoms with Crippen LogP contribution < -0.4 is 9.47 Å². The fourth-order valence-corrected chi connectivity index (χ4v) is 3.56. The molecule has 7 heteroatoms. The minimum Gasteiger partial charge on any atom is -0.493 e. The normalized spacial score (nSPS) is 16.3. The van der Waals surface area contributed by atoms with E-state index in [1.165, 1.54) is 5.56 Å². The van der Waals surface area contributed by atoms with Crippen molar-refractivity contribution in [2.45, 2.75) is 18.8 Å². The number of hydrogen-bond acceptors (Lipinski definition) is 6. The molecule has 1 aliphatic heterocycles.